The molecule has 1 aromatic heterocycles. The number of nitrogens with zero attached hydrogens (tertiary/aromatic N) is 2. The molecule has 0 bridgehead atoms. The summed E-state index contributed by atoms with van der Waals surface area (Å²) in [6, 6.07) is 1.71. The molecule has 0 unspecified atom stereocenters. The zero-order chi connectivity index (χ0) is 11.4. The molecule has 84 valence electrons. The number of aryl methyl sites for hydroxylation is 2. The number of hydrogen-bond donors (Lipinski definition) is 0. The van der Waals surface area contributed by atoms with E-state index in [1.165, 1.54) is 0 Å². The summed E-state index contributed by atoms with van der Waals surface area (Å²) in [5.74, 6) is -1.05. The maximum absolute atomic E-state index is 12.1. The van der Waals surface area contributed by atoms with Crippen LogP contribution in [0.5, 0.6) is 0 Å². The van der Waals surface area contributed by atoms with Crippen LogP contribution in [0.25, 0.3) is 0 Å². The number of carbonyl (C=O) groups is 1. The number of alkyl halides is 2. The average molecular weight is 216 g/mol. The normalized spacial score (nSPS) is 11.0. The second kappa shape index (κ2) is 5.00. The highest BCUT2D eigenvalue weighted by Crippen LogP contribution is 2.09. The lowest BCUT2D eigenvalue weighted by Gasteiger charge is -2.02. The minimum Gasteiger partial charge on any atom is -0.293 e. The summed E-state index contributed by atoms with van der Waals surface area (Å²) in [6.45, 7) is 4.38. The number of aromatic nitrogens is 2. The van der Waals surface area contributed by atoms with Crippen LogP contribution in [0.2, 0.25) is 0 Å². The van der Waals surface area contributed by atoms with E-state index in [2.05, 4.69) is 5.10 Å². The van der Waals surface area contributed by atoms with Crippen LogP contribution >= 0.6 is 0 Å². The molecule has 1 heterocycles. The fourth-order valence-corrected chi connectivity index (χ4v) is 1.36. The molecular weight excluding hydrogens is 202 g/mol. The van der Waals surface area contributed by atoms with Gasteiger partial charge in [-0.15, -0.1) is 0 Å². The first-order valence-electron chi connectivity index (χ1n) is 4.94. The summed E-state index contributed by atoms with van der Waals surface area (Å²) in [6.07, 6.45) is -2.39. The van der Waals surface area contributed by atoms with Crippen LogP contribution in [-0.2, 0) is 24.2 Å². The van der Waals surface area contributed by atoms with Crippen molar-refractivity contribution in [3.8, 4) is 0 Å². The molecule has 0 radical (unpaired) electrons. The van der Waals surface area contributed by atoms with E-state index in [0.29, 0.717) is 12.2 Å². The Hall–Kier alpha value is -1.26. The highest BCUT2D eigenvalue weighted by molar-refractivity contribution is 5.83. The molecule has 0 amide bonds. The molecule has 0 aliphatic carbocycles. The topological polar surface area (TPSA) is 34.9 Å². The molecule has 15 heavy (non-hydrogen) atoms. The summed E-state index contributed by atoms with van der Waals surface area (Å²) >= 11 is 0. The second-order valence-electron chi connectivity index (χ2n) is 3.24. The van der Waals surface area contributed by atoms with Crippen LogP contribution in [0.15, 0.2) is 6.07 Å². The van der Waals surface area contributed by atoms with Crippen molar-refractivity contribution in [2.75, 3.05) is 0 Å². The van der Waals surface area contributed by atoms with Crippen LogP contribution in [0.3, 0.4) is 0 Å². The Morgan fingerprint density at radius 3 is 2.67 bits per heavy atom. The van der Waals surface area contributed by atoms with Crippen molar-refractivity contribution in [1.82, 2.24) is 9.78 Å². The van der Waals surface area contributed by atoms with Gasteiger partial charge in [0.15, 0.2) is 0 Å². The standard InChI is InChI=1S/C10H14F2N2O/c1-3-7-5-8(14(4-2)13-7)6-9(15)10(11)12/h5,10H,3-4,6H2,1-2H3. The van der Waals surface area contributed by atoms with E-state index in [1.807, 2.05) is 13.8 Å². The Kier molecular flexibility index (Phi) is 3.94. The summed E-state index contributed by atoms with van der Waals surface area (Å²) in [7, 11) is 0. The van der Waals surface area contributed by atoms with Gasteiger partial charge < -0.3 is 0 Å². The molecule has 5 heteroatoms. The summed E-state index contributed by atoms with van der Waals surface area (Å²) < 4.78 is 25.7. The molecule has 0 N–H and O–H groups in total. The first-order valence-corrected chi connectivity index (χ1v) is 4.94. The van der Waals surface area contributed by atoms with Gasteiger partial charge in [0.2, 0.25) is 5.78 Å². The van der Waals surface area contributed by atoms with E-state index >= 15 is 0 Å². The molecule has 1 aromatic rings. The van der Waals surface area contributed by atoms with Crippen molar-refractivity contribution in [3.63, 3.8) is 0 Å². The molecule has 0 spiro atoms. The Bertz CT molecular complexity index is 347. The van der Waals surface area contributed by atoms with Gasteiger partial charge in [-0.3, -0.25) is 9.48 Å². The highest BCUT2D eigenvalue weighted by atomic mass is 19.3. The van der Waals surface area contributed by atoms with Crippen molar-refractivity contribution >= 4 is 5.78 Å². The van der Waals surface area contributed by atoms with Gasteiger partial charge in [-0.1, -0.05) is 6.92 Å². The maximum Gasteiger partial charge on any atom is 0.296 e. The minimum atomic E-state index is -2.89. The van der Waals surface area contributed by atoms with Gasteiger partial charge in [0.25, 0.3) is 6.43 Å². The molecule has 0 aromatic carbocycles. The Balaban J connectivity index is 2.83. The molecule has 0 aliphatic rings. The number of Topliss-reactive ketones (excluding diaryl/α,β-unsaturated/α-hetero) is 1. The second-order valence-corrected chi connectivity index (χ2v) is 3.24. The van der Waals surface area contributed by atoms with Crippen molar-refractivity contribution in [2.45, 2.75) is 39.7 Å². The van der Waals surface area contributed by atoms with Crippen LogP contribution in [0, 0.1) is 0 Å². The summed E-state index contributed by atoms with van der Waals surface area (Å²) in [5, 5.41) is 4.18. The summed E-state index contributed by atoms with van der Waals surface area (Å²) in [5.41, 5.74) is 1.40. The van der Waals surface area contributed by atoms with Gasteiger partial charge in [-0.2, -0.15) is 5.10 Å². The fraction of sp³-hybridized carbons (Fsp3) is 0.600. The lowest BCUT2D eigenvalue weighted by atomic mass is 10.2. The molecule has 0 fully saturated rings. The minimum absolute atomic E-state index is 0.238. The smallest absolute Gasteiger partial charge is 0.293 e. The number of ketones is 1. The average Bonchev–Trinajstić information content (AvgIpc) is 2.60. The Labute approximate surface area is 87.1 Å². The van der Waals surface area contributed by atoms with Crippen molar-refractivity contribution in [3.05, 3.63) is 17.5 Å². The van der Waals surface area contributed by atoms with Crippen LogP contribution in [-0.4, -0.2) is 22.0 Å². The van der Waals surface area contributed by atoms with Gasteiger partial charge in [0.1, 0.15) is 0 Å². The summed E-state index contributed by atoms with van der Waals surface area (Å²) in [4.78, 5) is 10.9. The van der Waals surface area contributed by atoms with Gasteiger partial charge in [0, 0.05) is 12.2 Å². The van der Waals surface area contributed by atoms with Crippen LogP contribution in [0.1, 0.15) is 25.2 Å². The van der Waals surface area contributed by atoms with E-state index in [-0.39, 0.29) is 6.42 Å². The van der Waals surface area contributed by atoms with Gasteiger partial charge in [-0.25, -0.2) is 8.78 Å². The number of hydrogen-bond acceptors (Lipinski definition) is 2. The van der Waals surface area contributed by atoms with Crippen molar-refractivity contribution < 1.29 is 13.6 Å². The predicted octanol–water partition coefficient (Wildman–Crippen LogP) is 1.84. The van der Waals surface area contributed by atoms with Gasteiger partial charge in [-0.05, 0) is 19.4 Å². The third-order valence-electron chi connectivity index (χ3n) is 2.17. The predicted molar refractivity (Wildman–Crippen MR) is 52.0 cm³/mol. The zero-order valence-corrected chi connectivity index (χ0v) is 8.83. The first kappa shape index (κ1) is 11.8. The van der Waals surface area contributed by atoms with E-state index in [4.69, 9.17) is 0 Å². The lowest BCUT2D eigenvalue weighted by molar-refractivity contribution is -0.128. The highest BCUT2D eigenvalue weighted by Gasteiger charge is 2.18. The molecular formula is C10H14F2N2O. The zero-order valence-electron chi connectivity index (χ0n) is 8.83. The largest absolute Gasteiger partial charge is 0.296 e. The number of halogens is 2. The monoisotopic (exact) mass is 216 g/mol. The van der Waals surface area contributed by atoms with Crippen LogP contribution < -0.4 is 0 Å². The molecule has 0 saturated heterocycles. The molecule has 0 saturated carbocycles. The number of carbonyl (C=O) groups excluding carboxylic acids is 1. The maximum atomic E-state index is 12.1. The lowest BCUT2D eigenvalue weighted by Crippen LogP contribution is -2.15. The van der Waals surface area contributed by atoms with Crippen molar-refractivity contribution in [1.29, 1.82) is 0 Å². The quantitative estimate of drug-likeness (QED) is 0.752. The fourth-order valence-electron chi connectivity index (χ4n) is 1.36. The van der Waals surface area contributed by atoms with Crippen LogP contribution in [0.4, 0.5) is 8.78 Å². The molecule has 0 aliphatic heterocycles. The Morgan fingerprint density at radius 1 is 1.53 bits per heavy atom. The molecule has 1 rings (SSSR count). The third kappa shape index (κ3) is 2.84. The molecule has 0 atom stereocenters. The Morgan fingerprint density at radius 2 is 2.20 bits per heavy atom. The van der Waals surface area contributed by atoms with Gasteiger partial charge >= 0.3 is 0 Å². The van der Waals surface area contributed by atoms with E-state index in [9.17, 15) is 13.6 Å². The van der Waals surface area contributed by atoms with E-state index in [0.717, 1.165) is 12.1 Å². The van der Waals surface area contributed by atoms with Gasteiger partial charge in [0.05, 0.1) is 12.1 Å². The third-order valence-corrected chi connectivity index (χ3v) is 2.17. The first-order chi connectivity index (χ1) is 7.08. The van der Waals surface area contributed by atoms with Crippen molar-refractivity contribution in [2.24, 2.45) is 0 Å². The number of rotatable bonds is 5. The molecule has 3 nitrogen and oxygen atoms in total. The SMILES string of the molecule is CCc1cc(CC(=O)C(F)F)n(CC)n1. The van der Waals surface area contributed by atoms with E-state index < -0.39 is 12.2 Å². The van der Waals surface area contributed by atoms with E-state index in [1.54, 1.807) is 10.7 Å².